The number of nitrogens with zero attached hydrogens (tertiary/aromatic N) is 3. The Hall–Kier alpha value is -0.770. The third-order valence-corrected chi connectivity index (χ3v) is 3.79. The van der Waals surface area contributed by atoms with E-state index in [1.54, 1.807) is 0 Å². The van der Waals surface area contributed by atoms with E-state index in [0.717, 1.165) is 57.1 Å². The monoisotopic (exact) mass is 268 g/mol. The number of nitrogens with one attached hydrogen (secondary N) is 1. The van der Waals surface area contributed by atoms with E-state index in [1.165, 1.54) is 6.42 Å². The molecular weight excluding hydrogens is 236 g/mol. The Labute approximate surface area is 119 Å². The van der Waals surface area contributed by atoms with Crippen molar-refractivity contribution in [2.24, 2.45) is 16.8 Å². The van der Waals surface area contributed by atoms with E-state index in [-0.39, 0.29) is 0 Å². The van der Waals surface area contributed by atoms with Gasteiger partial charge in [-0.05, 0) is 38.8 Å². The van der Waals surface area contributed by atoms with Gasteiger partial charge < -0.3 is 15.1 Å². The van der Waals surface area contributed by atoms with Crippen LogP contribution in [-0.4, -0.2) is 62.1 Å². The van der Waals surface area contributed by atoms with Crippen LogP contribution in [0.1, 0.15) is 34.1 Å². The van der Waals surface area contributed by atoms with Crippen LogP contribution in [0.5, 0.6) is 0 Å². The van der Waals surface area contributed by atoms with Crippen molar-refractivity contribution in [1.29, 1.82) is 0 Å². The molecule has 0 aromatic carbocycles. The van der Waals surface area contributed by atoms with E-state index >= 15 is 0 Å². The third-order valence-electron chi connectivity index (χ3n) is 3.79. The maximum absolute atomic E-state index is 4.78. The Morgan fingerprint density at radius 3 is 2.42 bits per heavy atom. The summed E-state index contributed by atoms with van der Waals surface area (Å²) < 4.78 is 0. The quantitative estimate of drug-likeness (QED) is 0.610. The van der Waals surface area contributed by atoms with Gasteiger partial charge in [0.05, 0.1) is 6.54 Å². The Morgan fingerprint density at radius 1 is 1.26 bits per heavy atom. The lowest BCUT2D eigenvalue weighted by molar-refractivity contribution is 0.208. The molecule has 0 aromatic rings. The summed E-state index contributed by atoms with van der Waals surface area (Å²) in [4.78, 5) is 9.52. The van der Waals surface area contributed by atoms with Crippen LogP contribution in [0.4, 0.5) is 0 Å². The molecule has 4 heteroatoms. The second-order valence-corrected chi connectivity index (χ2v) is 5.98. The maximum atomic E-state index is 4.78. The number of guanidine groups is 1. The Kier molecular flexibility index (Phi) is 7.21. The number of hydrogen-bond acceptors (Lipinski definition) is 2. The third kappa shape index (κ3) is 5.81. The molecule has 0 aromatic heterocycles. The first-order chi connectivity index (χ1) is 9.06. The molecule has 0 amide bonds. The summed E-state index contributed by atoms with van der Waals surface area (Å²) in [6, 6.07) is 0. The molecule has 0 spiro atoms. The van der Waals surface area contributed by atoms with E-state index in [4.69, 9.17) is 4.99 Å². The van der Waals surface area contributed by atoms with Gasteiger partial charge in [-0.25, -0.2) is 0 Å². The molecule has 2 atom stereocenters. The molecule has 1 heterocycles. The second-order valence-electron chi connectivity index (χ2n) is 5.98. The first-order valence-electron chi connectivity index (χ1n) is 7.78. The van der Waals surface area contributed by atoms with Crippen LogP contribution in [0.3, 0.4) is 0 Å². The predicted molar refractivity (Wildman–Crippen MR) is 83.7 cm³/mol. The van der Waals surface area contributed by atoms with Crippen LogP contribution in [-0.2, 0) is 0 Å². The van der Waals surface area contributed by atoms with Crippen molar-refractivity contribution >= 4 is 5.96 Å². The minimum Gasteiger partial charge on any atom is -0.357 e. The number of likely N-dealkylation sites (tertiary alicyclic amines) is 1. The lowest BCUT2D eigenvalue weighted by atomic mass is 9.92. The second kappa shape index (κ2) is 8.41. The zero-order chi connectivity index (χ0) is 14.3. The fraction of sp³-hybridized carbons (Fsp3) is 0.933. The van der Waals surface area contributed by atoms with Gasteiger partial charge in [0, 0.05) is 26.2 Å². The van der Waals surface area contributed by atoms with Gasteiger partial charge in [-0.3, -0.25) is 4.99 Å². The van der Waals surface area contributed by atoms with Gasteiger partial charge in [0.25, 0.3) is 0 Å². The van der Waals surface area contributed by atoms with Gasteiger partial charge in [-0.1, -0.05) is 20.8 Å². The molecule has 1 aliphatic rings. The normalized spacial score (nSPS) is 24.9. The fourth-order valence-electron chi connectivity index (χ4n) is 2.75. The minimum atomic E-state index is 0.769. The van der Waals surface area contributed by atoms with Gasteiger partial charge >= 0.3 is 0 Å². The highest BCUT2D eigenvalue weighted by Crippen LogP contribution is 2.20. The largest absolute Gasteiger partial charge is 0.357 e. The molecule has 4 nitrogen and oxygen atoms in total. The molecule has 1 rings (SSSR count). The van der Waals surface area contributed by atoms with E-state index < -0.39 is 0 Å². The van der Waals surface area contributed by atoms with Gasteiger partial charge in [0.15, 0.2) is 5.96 Å². The highest BCUT2D eigenvalue weighted by atomic mass is 15.3. The Bertz CT molecular complexity index is 267. The van der Waals surface area contributed by atoms with Crippen molar-refractivity contribution in [1.82, 2.24) is 15.1 Å². The number of piperidine rings is 1. The first-order valence-corrected chi connectivity index (χ1v) is 7.78. The smallest absolute Gasteiger partial charge is 0.193 e. The predicted octanol–water partition coefficient (Wildman–Crippen LogP) is 1.88. The van der Waals surface area contributed by atoms with E-state index in [9.17, 15) is 0 Å². The van der Waals surface area contributed by atoms with Crippen molar-refractivity contribution in [3.63, 3.8) is 0 Å². The molecule has 2 unspecified atom stereocenters. The lowest BCUT2D eigenvalue weighted by Gasteiger charge is -2.37. The van der Waals surface area contributed by atoms with E-state index in [2.05, 4.69) is 49.9 Å². The molecule has 112 valence electrons. The van der Waals surface area contributed by atoms with Gasteiger partial charge in [0.2, 0.25) is 0 Å². The van der Waals surface area contributed by atoms with Crippen molar-refractivity contribution in [2.75, 3.05) is 46.3 Å². The van der Waals surface area contributed by atoms with Crippen LogP contribution in [0.2, 0.25) is 0 Å². The number of rotatable bonds is 5. The summed E-state index contributed by atoms with van der Waals surface area (Å²) in [5, 5.41) is 3.44. The molecule has 0 bridgehead atoms. The SMILES string of the molecule is CCNC(=NCCN(C)CC)N1CC(C)CC(C)C1. The van der Waals surface area contributed by atoms with Crippen LogP contribution < -0.4 is 5.32 Å². The van der Waals surface area contributed by atoms with E-state index in [0.29, 0.717) is 0 Å². The number of aliphatic imine (C=N–C) groups is 1. The topological polar surface area (TPSA) is 30.9 Å². The highest BCUT2D eigenvalue weighted by molar-refractivity contribution is 5.80. The van der Waals surface area contributed by atoms with E-state index in [1.807, 2.05) is 0 Å². The van der Waals surface area contributed by atoms with Gasteiger partial charge in [0.1, 0.15) is 0 Å². The molecule has 19 heavy (non-hydrogen) atoms. The number of likely N-dealkylation sites (N-methyl/N-ethyl adjacent to an activating group) is 1. The van der Waals surface area contributed by atoms with Crippen molar-refractivity contribution in [3.8, 4) is 0 Å². The average molecular weight is 268 g/mol. The first kappa shape index (κ1) is 16.3. The van der Waals surface area contributed by atoms with Crippen LogP contribution in [0.25, 0.3) is 0 Å². The van der Waals surface area contributed by atoms with Gasteiger partial charge in [-0.2, -0.15) is 0 Å². The molecule has 0 saturated carbocycles. The maximum Gasteiger partial charge on any atom is 0.193 e. The van der Waals surface area contributed by atoms with Crippen LogP contribution in [0.15, 0.2) is 4.99 Å². The summed E-state index contributed by atoms with van der Waals surface area (Å²) in [5.74, 6) is 2.64. The molecule has 1 saturated heterocycles. The van der Waals surface area contributed by atoms with Crippen LogP contribution >= 0.6 is 0 Å². The molecular formula is C15H32N4. The van der Waals surface area contributed by atoms with Gasteiger partial charge in [-0.15, -0.1) is 0 Å². The minimum absolute atomic E-state index is 0.769. The molecule has 0 radical (unpaired) electrons. The average Bonchev–Trinajstić information content (AvgIpc) is 2.36. The summed E-state index contributed by atoms with van der Waals surface area (Å²) in [5.41, 5.74) is 0. The zero-order valence-electron chi connectivity index (χ0n) is 13.4. The van der Waals surface area contributed by atoms with Crippen molar-refractivity contribution in [3.05, 3.63) is 0 Å². The zero-order valence-corrected chi connectivity index (χ0v) is 13.4. The summed E-state index contributed by atoms with van der Waals surface area (Å²) >= 11 is 0. The molecule has 1 N–H and O–H groups in total. The lowest BCUT2D eigenvalue weighted by Crippen LogP contribution is -2.48. The van der Waals surface area contributed by atoms with Crippen molar-refractivity contribution < 1.29 is 0 Å². The molecule has 1 aliphatic heterocycles. The molecule has 1 fully saturated rings. The number of hydrogen-bond donors (Lipinski definition) is 1. The van der Waals surface area contributed by atoms with Crippen LogP contribution in [0, 0.1) is 11.8 Å². The van der Waals surface area contributed by atoms with Crippen molar-refractivity contribution in [2.45, 2.75) is 34.1 Å². The molecule has 0 aliphatic carbocycles. The summed E-state index contributed by atoms with van der Waals surface area (Å²) in [6.07, 6.45) is 1.34. The Morgan fingerprint density at radius 2 is 1.89 bits per heavy atom. The summed E-state index contributed by atoms with van der Waals surface area (Å²) in [6.45, 7) is 15.2. The standard InChI is InChI=1S/C15H32N4/c1-6-16-15(17-8-9-18(5)7-2)19-11-13(3)10-14(4)12-19/h13-14H,6-12H2,1-5H3,(H,16,17). The summed E-state index contributed by atoms with van der Waals surface area (Å²) in [7, 11) is 2.15. The Balaban J connectivity index is 2.57. The highest BCUT2D eigenvalue weighted by Gasteiger charge is 2.23. The fourth-order valence-corrected chi connectivity index (χ4v) is 2.75.